The van der Waals surface area contributed by atoms with Crippen LogP contribution in [0.25, 0.3) is 16.0 Å². The smallest absolute Gasteiger partial charge is 0.258 e. The third kappa shape index (κ3) is 4.70. The van der Waals surface area contributed by atoms with Gasteiger partial charge in [0, 0.05) is 30.6 Å². The van der Waals surface area contributed by atoms with Crippen LogP contribution in [0.3, 0.4) is 0 Å². The normalized spacial score (nSPS) is 14.8. The van der Waals surface area contributed by atoms with Gasteiger partial charge < -0.3 is 9.64 Å². The number of hydrogen-bond acceptors (Lipinski definition) is 4. The van der Waals surface area contributed by atoms with Crippen molar-refractivity contribution in [3.05, 3.63) is 84.0 Å². The van der Waals surface area contributed by atoms with Crippen LogP contribution in [0.4, 0.5) is 20.2 Å². The van der Waals surface area contributed by atoms with Gasteiger partial charge in [0.15, 0.2) is 5.11 Å². The van der Waals surface area contributed by atoms with Crippen molar-refractivity contribution in [2.45, 2.75) is 25.8 Å². The van der Waals surface area contributed by atoms with E-state index in [9.17, 15) is 13.6 Å². The van der Waals surface area contributed by atoms with Crippen molar-refractivity contribution in [3.63, 3.8) is 0 Å². The lowest BCUT2D eigenvalue weighted by molar-refractivity contribution is -0.123. The Kier molecular flexibility index (Phi) is 6.76. The lowest BCUT2D eigenvalue weighted by atomic mass is 10.0. The number of amides is 1. The van der Waals surface area contributed by atoms with Gasteiger partial charge in [-0.3, -0.25) is 14.7 Å². The number of carbonyl (C=O) groups is 1. The van der Waals surface area contributed by atoms with Crippen LogP contribution in [0.15, 0.2) is 60.9 Å². The van der Waals surface area contributed by atoms with Crippen molar-refractivity contribution in [2.75, 3.05) is 18.1 Å². The van der Waals surface area contributed by atoms with E-state index >= 15 is 0 Å². The maximum atomic E-state index is 14.6. The predicted octanol–water partition coefficient (Wildman–Crippen LogP) is 5.76. The zero-order valence-electron chi connectivity index (χ0n) is 19.2. The van der Waals surface area contributed by atoms with Gasteiger partial charge in [-0.2, -0.15) is 0 Å². The maximum Gasteiger partial charge on any atom is 0.258 e. The van der Waals surface area contributed by atoms with E-state index in [0.717, 1.165) is 11.6 Å². The zero-order valence-corrected chi connectivity index (χ0v) is 20.0. The number of ether oxygens (including phenoxy) is 1. The molecular formula is C26H22F2N4O2S. The first-order valence-electron chi connectivity index (χ1n) is 10.9. The van der Waals surface area contributed by atoms with Crippen molar-refractivity contribution in [1.29, 1.82) is 0 Å². The molecule has 3 aromatic rings. The molecule has 1 aliphatic rings. The summed E-state index contributed by atoms with van der Waals surface area (Å²) < 4.78 is 34.4. The second kappa shape index (κ2) is 9.76. The Morgan fingerprint density at radius 1 is 1.09 bits per heavy atom. The molecule has 1 aromatic heterocycles. The fourth-order valence-corrected chi connectivity index (χ4v) is 4.44. The Bertz CT molecular complexity index is 1320. The number of rotatable bonds is 7. The van der Waals surface area contributed by atoms with E-state index in [-0.39, 0.29) is 29.0 Å². The molecule has 1 fully saturated rings. The molecule has 4 rings (SSSR count). The molecule has 2 aromatic carbocycles. The van der Waals surface area contributed by atoms with Crippen molar-refractivity contribution in [1.82, 2.24) is 9.88 Å². The summed E-state index contributed by atoms with van der Waals surface area (Å²) in [5.41, 5.74) is 0.408. The van der Waals surface area contributed by atoms with E-state index in [1.54, 1.807) is 55.4 Å². The Balaban J connectivity index is 1.39. The molecule has 0 aliphatic carbocycles. The predicted molar refractivity (Wildman–Crippen MR) is 133 cm³/mol. The first kappa shape index (κ1) is 24.2. The largest absolute Gasteiger partial charge is 0.493 e. The third-order valence-electron chi connectivity index (χ3n) is 5.86. The van der Waals surface area contributed by atoms with E-state index in [1.165, 1.54) is 23.1 Å². The van der Waals surface area contributed by atoms with Gasteiger partial charge >= 0.3 is 0 Å². The minimum absolute atomic E-state index is 0.121. The van der Waals surface area contributed by atoms with Gasteiger partial charge in [0.05, 0.1) is 18.9 Å². The summed E-state index contributed by atoms with van der Waals surface area (Å²) in [5, 5.41) is 0.253. The monoisotopic (exact) mass is 492 g/mol. The lowest BCUT2D eigenvalue weighted by Gasteiger charge is -2.29. The molecule has 0 N–H and O–H groups in total. The van der Waals surface area contributed by atoms with E-state index in [4.69, 9.17) is 23.5 Å². The van der Waals surface area contributed by atoms with Gasteiger partial charge in [-0.05, 0) is 74.4 Å². The molecule has 1 amide bonds. The highest BCUT2D eigenvalue weighted by Gasteiger charge is 2.49. The van der Waals surface area contributed by atoms with E-state index < -0.39 is 17.2 Å². The summed E-state index contributed by atoms with van der Waals surface area (Å²) in [7, 11) is 0. The van der Waals surface area contributed by atoms with Crippen LogP contribution in [0.5, 0.6) is 5.75 Å². The number of hydrogen-bond donors (Lipinski definition) is 0. The highest BCUT2D eigenvalue weighted by Crippen LogP contribution is 2.34. The van der Waals surface area contributed by atoms with Crippen molar-refractivity contribution < 1.29 is 18.3 Å². The molecule has 35 heavy (non-hydrogen) atoms. The average molecular weight is 493 g/mol. The Hall–Kier alpha value is -3.90. The van der Waals surface area contributed by atoms with Crippen LogP contribution in [0, 0.1) is 18.2 Å². The Labute approximate surface area is 207 Å². The third-order valence-corrected chi connectivity index (χ3v) is 6.26. The minimum Gasteiger partial charge on any atom is -0.493 e. The summed E-state index contributed by atoms with van der Waals surface area (Å²) in [5.74, 6) is -0.989. The number of thiocarbonyl (C=S) groups is 1. The topological polar surface area (TPSA) is 50.0 Å². The van der Waals surface area contributed by atoms with E-state index in [0.29, 0.717) is 24.3 Å². The fraction of sp³-hybridized carbons (Fsp3) is 0.231. The number of anilines is 1. The number of nitrogens with zero attached hydrogens (tertiary/aromatic N) is 4. The fourth-order valence-electron chi connectivity index (χ4n) is 3.93. The summed E-state index contributed by atoms with van der Waals surface area (Å²) >= 11 is 5.55. The van der Waals surface area contributed by atoms with E-state index in [2.05, 4.69) is 9.83 Å². The number of benzene rings is 2. The lowest BCUT2D eigenvalue weighted by Crippen LogP contribution is -2.44. The van der Waals surface area contributed by atoms with Crippen LogP contribution in [0.1, 0.15) is 20.3 Å². The van der Waals surface area contributed by atoms with Gasteiger partial charge in [0.1, 0.15) is 22.9 Å². The van der Waals surface area contributed by atoms with Crippen LogP contribution >= 0.6 is 12.2 Å². The Morgan fingerprint density at radius 3 is 2.49 bits per heavy atom. The van der Waals surface area contributed by atoms with Gasteiger partial charge in [-0.1, -0.05) is 6.07 Å². The molecule has 0 bridgehead atoms. The number of aromatic nitrogens is 1. The molecule has 0 spiro atoms. The Morgan fingerprint density at radius 2 is 1.83 bits per heavy atom. The van der Waals surface area contributed by atoms with Crippen LogP contribution in [0.2, 0.25) is 0 Å². The summed E-state index contributed by atoms with van der Waals surface area (Å²) in [6.45, 7) is 11.2. The second-order valence-corrected chi connectivity index (χ2v) is 8.83. The molecule has 1 saturated heterocycles. The molecule has 0 unspecified atom stereocenters. The van der Waals surface area contributed by atoms with E-state index in [1.807, 2.05) is 0 Å². The van der Waals surface area contributed by atoms with Gasteiger partial charge in [-0.25, -0.2) is 13.6 Å². The molecule has 178 valence electrons. The van der Waals surface area contributed by atoms with Crippen LogP contribution in [-0.2, 0) is 4.79 Å². The first-order valence-corrected chi connectivity index (χ1v) is 11.3. The SMILES string of the molecule is [C-]#[N+]c1ccc(N2C(=O)C(C)(C)N(CCCOc3ccc(-c4ccncc4)c(F)c3)C2=S)cc1F. The highest BCUT2D eigenvalue weighted by molar-refractivity contribution is 7.80. The molecular weight excluding hydrogens is 470 g/mol. The molecule has 1 aliphatic heterocycles. The summed E-state index contributed by atoms with van der Waals surface area (Å²) in [6.07, 6.45) is 3.73. The number of halogens is 2. The van der Waals surface area contributed by atoms with Gasteiger partial charge in [-0.15, -0.1) is 0 Å². The average Bonchev–Trinajstić information content (AvgIpc) is 3.01. The standard InChI is InChI=1S/C26H22F2N4O2S/c1-26(2)24(33)32(18-5-8-23(29-3)22(28)15-18)25(35)31(26)13-4-14-34-19-6-7-20(21(27)16-19)17-9-11-30-12-10-17/h5-12,15-16H,4,13-14H2,1-2H3. The molecule has 0 radical (unpaired) electrons. The highest BCUT2D eigenvalue weighted by atomic mass is 32.1. The number of pyridine rings is 1. The summed E-state index contributed by atoms with van der Waals surface area (Å²) in [4.78, 5) is 23.2. The van der Waals surface area contributed by atoms with Crippen molar-refractivity contribution in [2.24, 2.45) is 0 Å². The quantitative estimate of drug-likeness (QED) is 0.239. The van der Waals surface area contributed by atoms with Crippen LogP contribution in [-0.4, -0.2) is 39.6 Å². The van der Waals surface area contributed by atoms with Crippen LogP contribution < -0.4 is 9.64 Å². The van der Waals surface area contributed by atoms with Crippen molar-refractivity contribution in [3.8, 4) is 16.9 Å². The molecule has 0 atom stereocenters. The molecule has 0 saturated carbocycles. The van der Waals surface area contributed by atoms with Crippen molar-refractivity contribution >= 4 is 34.6 Å². The maximum absolute atomic E-state index is 14.6. The van der Waals surface area contributed by atoms with Gasteiger partial charge in [0.2, 0.25) is 5.69 Å². The number of carbonyl (C=O) groups excluding carboxylic acids is 1. The molecule has 2 heterocycles. The van der Waals surface area contributed by atoms with Gasteiger partial charge in [0.25, 0.3) is 5.91 Å². The molecule has 6 nitrogen and oxygen atoms in total. The summed E-state index contributed by atoms with van der Waals surface area (Å²) in [6, 6.07) is 12.2. The minimum atomic E-state index is -0.940. The molecule has 9 heteroatoms. The zero-order chi connectivity index (χ0) is 25.2. The second-order valence-electron chi connectivity index (χ2n) is 8.46. The first-order chi connectivity index (χ1) is 16.7.